The summed E-state index contributed by atoms with van der Waals surface area (Å²) in [6.07, 6.45) is 1.32. The molecule has 0 N–H and O–H groups in total. The first-order valence-electron chi connectivity index (χ1n) is 9.38. The molecule has 1 saturated heterocycles. The monoisotopic (exact) mass is 412 g/mol. The summed E-state index contributed by atoms with van der Waals surface area (Å²) in [6, 6.07) is -0.0606. The lowest BCUT2D eigenvalue weighted by Gasteiger charge is -2.41. The van der Waals surface area contributed by atoms with E-state index in [1.807, 2.05) is 32.6 Å². The molecule has 1 aromatic rings. The molecule has 156 valence electrons. The van der Waals surface area contributed by atoms with Crippen molar-refractivity contribution in [3.8, 4) is 0 Å². The van der Waals surface area contributed by atoms with E-state index in [0.717, 1.165) is 17.5 Å². The zero-order valence-corrected chi connectivity index (χ0v) is 17.9. The number of hydrogen-bond acceptors (Lipinski definition) is 8. The topological polar surface area (TPSA) is 102 Å². The molecule has 0 saturated carbocycles. The molecule has 0 bridgehead atoms. The highest BCUT2D eigenvalue weighted by molar-refractivity contribution is 7.90. The van der Waals surface area contributed by atoms with Crippen molar-refractivity contribution in [1.29, 1.82) is 0 Å². The Morgan fingerprint density at radius 2 is 1.96 bits per heavy atom. The lowest BCUT2D eigenvalue weighted by Crippen LogP contribution is -2.55. The number of carbonyl (C=O) groups is 1. The number of anilines is 1. The average molecular weight is 413 g/mol. The predicted molar refractivity (Wildman–Crippen MR) is 103 cm³/mol. The molecule has 1 atom stereocenters. The molecule has 1 amide bonds. The second kappa shape index (κ2) is 7.47. The fourth-order valence-corrected chi connectivity index (χ4v) is 3.89. The maximum Gasteiger partial charge on any atom is 0.410 e. The third-order valence-corrected chi connectivity index (χ3v) is 5.51. The van der Waals surface area contributed by atoms with Gasteiger partial charge in [0, 0.05) is 43.9 Å². The van der Waals surface area contributed by atoms with Gasteiger partial charge in [0.15, 0.2) is 0 Å². The Morgan fingerprint density at radius 3 is 2.57 bits per heavy atom. The van der Waals surface area contributed by atoms with E-state index in [2.05, 4.69) is 9.97 Å². The first kappa shape index (κ1) is 20.8. The second-order valence-electron chi connectivity index (χ2n) is 8.30. The van der Waals surface area contributed by atoms with Crippen molar-refractivity contribution < 1.29 is 22.7 Å². The minimum atomic E-state index is -3.53. The third-order valence-electron chi connectivity index (χ3n) is 4.66. The van der Waals surface area contributed by atoms with E-state index in [4.69, 9.17) is 9.47 Å². The van der Waals surface area contributed by atoms with Crippen LogP contribution in [-0.4, -0.2) is 73.5 Å². The maximum absolute atomic E-state index is 12.4. The van der Waals surface area contributed by atoms with Crippen molar-refractivity contribution in [2.75, 3.05) is 37.4 Å². The molecular formula is C18H28N4O5S. The Labute approximate surface area is 166 Å². The number of nitrogens with zero attached hydrogens (tertiary/aromatic N) is 4. The van der Waals surface area contributed by atoms with Crippen molar-refractivity contribution in [3.05, 3.63) is 11.3 Å². The molecule has 0 aromatic carbocycles. The fourth-order valence-electron chi connectivity index (χ4n) is 3.36. The van der Waals surface area contributed by atoms with Crippen LogP contribution in [0.1, 0.15) is 39.0 Å². The van der Waals surface area contributed by atoms with Gasteiger partial charge in [0.2, 0.25) is 15.0 Å². The smallest absolute Gasteiger partial charge is 0.410 e. The predicted octanol–water partition coefficient (Wildman–Crippen LogP) is 1.40. The molecular weight excluding hydrogens is 384 g/mol. The normalized spacial score (nSPS) is 20.7. The van der Waals surface area contributed by atoms with Gasteiger partial charge in [-0.1, -0.05) is 0 Å². The summed E-state index contributed by atoms with van der Waals surface area (Å²) in [5, 5.41) is -0.162. The van der Waals surface area contributed by atoms with E-state index in [1.165, 1.54) is 0 Å². The van der Waals surface area contributed by atoms with Crippen LogP contribution in [0.3, 0.4) is 0 Å². The van der Waals surface area contributed by atoms with Gasteiger partial charge >= 0.3 is 6.09 Å². The van der Waals surface area contributed by atoms with Gasteiger partial charge in [-0.3, -0.25) is 0 Å². The molecule has 2 aliphatic heterocycles. The van der Waals surface area contributed by atoms with Crippen molar-refractivity contribution in [1.82, 2.24) is 14.9 Å². The number of ether oxygens (including phenoxy) is 2. The van der Waals surface area contributed by atoms with E-state index >= 15 is 0 Å². The number of amides is 1. The second-order valence-corrected chi connectivity index (χ2v) is 10.2. The summed E-state index contributed by atoms with van der Waals surface area (Å²) in [6.45, 7) is 9.81. The Morgan fingerprint density at radius 1 is 1.25 bits per heavy atom. The molecule has 3 rings (SSSR count). The van der Waals surface area contributed by atoms with E-state index in [1.54, 1.807) is 4.90 Å². The Hall–Kier alpha value is -1.94. The van der Waals surface area contributed by atoms with Crippen LogP contribution in [0.15, 0.2) is 5.16 Å². The van der Waals surface area contributed by atoms with Crippen LogP contribution in [0.25, 0.3) is 0 Å². The molecule has 2 aliphatic rings. The van der Waals surface area contributed by atoms with Crippen LogP contribution in [0.2, 0.25) is 0 Å². The van der Waals surface area contributed by atoms with Gasteiger partial charge in [0.25, 0.3) is 0 Å². The van der Waals surface area contributed by atoms with E-state index < -0.39 is 15.4 Å². The minimum absolute atomic E-state index is 0.0606. The highest BCUT2D eigenvalue weighted by atomic mass is 32.2. The summed E-state index contributed by atoms with van der Waals surface area (Å²) in [4.78, 5) is 24.7. The molecule has 1 aromatic heterocycles. The first-order chi connectivity index (χ1) is 13.0. The SMILES string of the molecule is C[C@H]1CN(C(=O)OC(C)(C)C)CCN1c1nc(S(C)(=O)=O)nc2c1COCC2. The lowest BCUT2D eigenvalue weighted by molar-refractivity contribution is 0.0218. The zero-order valence-electron chi connectivity index (χ0n) is 17.1. The zero-order chi connectivity index (χ0) is 20.7. The average Bonchev–Trinajstić information content (AvgIpc) is 2.58. The molecule has 0 radical (unpaired) electrons. The summed E-state index contributed by atoms with van der Waals surface area (Å²) in [7, 11) is -3.53. The van der Waals surface area contributed by atoms with Gasteiger partial charge in [0.1, 0.15) is 11.4 Å². The summed E-state index contributed by atoms with van der Waals surface area (Å²) in [5.41, 5.74) is 1.000. The number of carbonyl (C=O) groups excluding carboxylic acids is 1. The van der Waals surface area contributed by atoms with Gasteiger partial charge in [0.05, 0.1) is 18.9 Å². The van der Waals surface area contributed by atoms with Crippen LogP contribution in [0.5, 0.6) is 0 Å². The molecule has 3 heterocycles. The maximum atomic E-state index is 12.4. The van der Waals surface area contributed by atoms with Crippen LogP contribution >= 0.6 is 0 Å². The Bertz CT molecular complexity index is 865. The molecule has 0 aliphatic carbocycles. The lowest BCUT2D eigenvalue weighted by atomic mass is 10.1. The van der Waals surface area contributed by atoms with Crippen LogP contribution < -0.4 is 4.90 Å². The number of aromatic nitrogens is 2. The summed E-state index contributed by atoms with van der Waals surface area (Å²) in [5.74, 6) is 0.585. The fraction of sp³-hybridized carbons (Fsp3) is 0.722. The van der Waals surface area contributed by atoms with Crippen LogP contribution in [0, 0.1) is 0 Å². The standard InChI is InChI=1S/C18H28N4O5S/c1-12-10-21(17(23)27-18(2,3)4)7-8-22(12)15-13-11-26-9-6-14(13)19-16(20-15)28(5,24)25/h12H,6-11H2,1-5H3/t12-/m0/s1. The van der Waals surface area contributed by atoms with Crippen molar-refractivity contribution in [2.24, 2.45) is 0 Å². The molecule has 0 unspecified atom stereocenters. The quantitative estimate of drug-likeness (QED) is 0.672. The third kappa shape index (κ3) is 4.54. The number of fused-ring (bicyclic) bond motifs is 1. The van der Waals surface area contributed by atoms with E-state index in [-0.39, 0.29) is 17.3 Å². The number of sulfone groups is 1. The number of rotatable bonds is 2. The Kier molecular flexibility index (Phi) is 5.55. The van der Waals surface area contributed by atoms with Crippen molar-refractivity contribution in [2.45, 2.75) is 57.5 Å². The van der Waals surface area contributed by atoms with Crippen LogP contribution in [-0.2, 0) is 32.3 Å². The van der Waals surface area contributed by atoms with Crippen molar-refractivity contribution in [3.63, 3.8) is 0 Å². The summed E-state index contributed by atoms with van der Waals surface area (Å²) < 4.78 is 35.2. The molecule has 10 heteroatoms. The van der Waals surface area contributed by atoms with Crippen LogP contribution in [0.4, 0.5) is 10.6 Å². The Balaban J connectivity index is 1.87. The summed E-state index contributed by atoms with van der Waals surface area (Å²) >= 11 is 0. The van der Waals surface area contributed by atoms with Gasteiger partial charge < -0.3 is 19.3 Å². The highest BCUT2D eigenvalue weighted by Gasteiger charge is 2.33. The van der Waals surface area contributed by atoms with Crippen molar-refractivity contribution >= 4 is 21.7 Å². The number of hydrogen-bond donors (Lipinski definition) is 0. The van der Waals surface area contributed by atoms with E-state index in [0.29, 0.717) is 45.1 Å². The highest BCUT2D eigenvalue weighted by Crippen LogP contribution is 2.29. The molecule has 0 spiro atoms. The molecule has 28 heavy (non-hydrogen) atoms. The molecule has 1 fully saturated rings. The van der Waals surface area contributed by atoms with Gasteiger partial charge in [-0.15, -0.1) is 0 Å². The first-order valence-corrected chi connectivity index (χ1v) is 11.3. The number of piperazine rings is 1. The van der Waals surface area contributed by atoms with Gasteiger partial charge in [-0.25, -0.2) is 23.2 Å². The molecule has 9 nitrogen and oxygen atoms in total. The van der Waals surface area contributed by atoms with Gasteiger partial charge in [-0.05, 0) is 27.7 Å². The van der Waals surface area contributed by atoms with Gasteiger partial charge in [-0.2, -0.15) is 0 Å². The largest absolute Gasteiger partial charge is 0.444 e. The minimum Gasteiger partial charge on any atom is -0.444 e. The van der Waals surface area contributed by atoms with E-state index in [9.17, 15) is 13.2 Å².